The van der Waals surface area contributed by atoms with E-state index in [1.54, 1.807) is 19.2 Å². The van der Waals surface area contributed by atoms with E-state index in [9.17, 15) is 4.79 Å². The maximum Gasteiger partial charge on any atom is 0.261 e. The van der Waals surface area contributed by atoms with Crippen LogP contribution in [0.1, 0.15) is 15.2 Å². The Morgan fingerprint density at radius 3 is 3.00 bits per heavy atom. The largest absolute Gasteiger partial charge is 0.489 e. The van der Waals surface area contributed by atoms with Gasteiger partial charge in [-0.2, -0.15) is 0 Å². The highest BCUT2D eigenvalue weighted by atomic mass is 35.5. The minimum Gasteiger partial charge on any atom is -0.489 e. The van der Waals surface area contributed by atoms with Crippen LogP contribution in [-0.4, -0.2) is 26.2 Å². The Bertz CT molecular complexity index is 600. The first-order valence-corrected chi connectivity index (χ1v) is 7.67. The monoisotopic (exact) mass is 325 g/mol. The normalized spacial score (nSPS) is 10.4. The first-order chi connectivity index (χ1) is 10.2. The Labute approximate surface area is 132 Å². The molecule has 0 radical (unpaired) electrons. The number of methoxy groups -OCH3 is 1. The molecule has 1 amide bonds. The number of ether oxygens (including phenoxy) is 2. The molecule has 1 aromatic carbocycles. The predicted molar refractivity (Wildman–Crippen MR) is 84.3 cm³/mol. The molecule has 2 rings (SSSR count). The minimum atomic E-state index is -0.0916. The number of nitrogens with one attached hydrogen (secondary N) is 1. The highest BCUT2D eigenvalue weighted by molar-refractivity contribution is 7.12. The maximum absolute atomic E-state index is 11.8. The number of thiophene rings is 1. The van der Waals surface area contributed by atoms with Gasteiger partial charge in [-0.15, -0.1) is 11.3 Å². The Balaban J connectivity index is 1.86. The van der Waals surface area contributed by atoms with Gasteiger partial charge in [-0.1, -0.05) is 17.7 Å². The van der Waals surface area contributed by atoms with E-state index in [-0.39, 0.29) is 5.91 Å². The fraction of sp³-hybridized carbons (Fsp3) is 0.267. The summed E-state index contributed by atoms with van der Waals surface area (Å²) in [7, 11) is 1.60. The average Bonchev–Trinajstić information content (AvgIpc) is 2.94. The van der Waals surface area contributed by atoms with Gasteiger partial charge in [0, 0.05) is 24.2 Å². The zero-order chi connectivity index (χ0) is 15.1. The summed E-state index contributed by atoms with van der Waals surface area (Å²) in [5.74, 6) is 0.617. The first-order valence-electron chi connectivity index (χ1n) is 6.42. The predicted octanol–water partition coefficient (Wildman–Crippen LogP) is 3.36. The Hall–Kier alpha value is -1.56. The Morgan fingerprint density at radius 2 is 2.24 bits per heavy atom. The minimum absolute atomic E-state index is 0.0916. The van der Waals surface area contributed by atoms with Crippen LogP contribution in [0.2, 0.25) is 5.02 Å². The van der Waals surface area contributed by atoms with Crippen LogP contribution >= 0.6 is 22.9 Å². The standard InChI is InChI=1S/C15H16ClNO3S/c1-19-6-5-17-15(18)14-7-11(10-21-14)9-20-13-4-2-3-12(16)8-13/h2-4,7-8,10H,5-6,9H2,1H3,(H,17,18). The molecule has 0 bridgehead atoms. The van der Waals surface area contributed by atoms with Gasteiger partial charge in [0.15, 0.2) is 0 Å². The SMILES string of the molecule is COCCNC(=O)c1cc(COc2cccc(Cl)c2)cs1. The molecule has 0 spiro atoms. The number of carbonyl (C=O) groups excluding carboxylic acids is 1. The summed E-state index contributed by atoms with van der Waals surface area (Å²) < 4.78 is 10.5. The summed E-state index contributed by atoms with van der Waals surface area (Å²) in [5, 5.41) is 5.33. The van der Waals surface area contributed by atoms with Crippen molar-refractivity contribution in [2.24, 2.45) is 0 Å². The van der Waals surface area contributed by atoms with Gasteiger partial charge in [0.2, 0.25) is 0 Å². The summed E-state index contributed by atoms with van der Waals surface area (Å²) >= 11 is 7.29. The fourth-order valence-electron chi connectivity index (χ4n) is 1.65. The lowest BCUT2D eigenvalue weighted by Gasteiger charge is -2.04. The molecule has 1 aromatic heterocycles. The van der Waals surface area contributed by atoms with Gasteiger partial charge in [-0.3, -0.25) is 4.79 Å². The molecule has 2 aromatic rings. The van der Waals surface area contributed by atoms with E-state index in [1.807, 2.05) is 23.6 Å². The number of halogens is 1. The molecule has 0 aliphatic rings. The molecular weight excluding hydrogens is 310 g/mol. The second-order valence-electron chi connectivity index (χ2n) is 4.31. The van der Waals surface area contributed by atoms with Crippen LogP contribution in [0.15, 0.2) is 35.7 Å². The van der Waals surface area contributed by atoms with Crippen molar-refractivity contribution in [3.05, 3.63) is 51.2 Å². The Kier molecular flexibility index (Phi) is 6.04. The van der Waals surface area contributed by atoms with Crippen LogP contribution in [0.3, 0.4) is 0 Å². The van der Waals surface area contributed by atoms with E-state index in [2.05, 4.69) is 5.32 Å². The summed E-state index contributed by atoms with van der Waals surface area (Å²) in [6.07, 6.45) is 0. The molecule has 21 heavy (non-hydrogen) atoms. The summed E-state index contributed by atoms with van der Waals surface area (Å²) in [6.45, 7) is 1.41. The second-order valence-corrected chi connectivity index (χ2v) is 5.66. The molecule has 4 nitrogen and oxygen atoms in total. The highest BCUT2D eigenvalue weighted by Gasteiger charge is 2.09. The number of hydrogen-bond acceptors (Lipinski definition) is 4. The van der Waals surface area contributed by atoms with E-state index in [1.165, 1.54) is 11.3 Å². The molecule has 1 N–H and O–H groups in total. The Morgan fingerprint density at radius 1 is 1.38 bits per heavy atom. The molecule has 0 unspecified atom stereocenters. The van der Waals surface area contributed by atoms with E-state index >= 15 is 0 Å². The van der Waals surface area contributed by atoms with Crippen molar-refractivity contribution in [3.63, 3.8) is 0 Å². The first kappa shape index (κ1) is 15.8. The lowest BCUT2D eigenvalue weighted by atomic mass is 10.3. The molecule has 0 saturated carbocycles. The van der Waals surface area contributed by atoms with Crippen LogP contribution in [0.25, 0.3) is 0 Å². The third-order valence-electron chi connectivity index (χ3n) is 2.67. The van der Waals surface area contributed by atoms with Crippen molar-refractivity contribution in [2.45, 2.75) is 6.61 Å². The van der Waals surface area contributed by atoms with Crippen molar-refractivity contribution in [3.8, 4) is 5.75 Å². The van der Waals surface area contributed by atoms with E-state index in [0.717, 1.165) is 5.56 Å². The lowest BCUT2D eigenvalue weighted by molar-refractivity contribution is 0.0941. The molecule has 0 aliphatic carbocycles. The van der Waals surface area contributed by atoms with Crippen molar-refractivity contribution in [1.29, 1.82) is 0 Å². The molecule has 112 valence electrons. The molecule has 0 atom stereocenters. The van der Waals surface area contributed by atoms with Crippen LogP contribution in [-0.2, 0) is 11.3 Å². The van der Waals surface area contributed by atoms with Crippen molar-refractivity contribution >= 4 is 28.8 Å². The maximum atomic E-state index is 11.8. The van der Waals surface area contributed by atoms with Gasteiger partial charge in [0.25, 0.3) is 5.91 Å². The highest BCUT2D eigenvalue weighted by Crippen LogP contribution is 2.20. The van der Waals surface area contributed by atoms with Crippen LogP contribution in [0.5, 0.6) is 5.75 Å². The number of hydrogen-bond donors (Lipinski definition) is 1. The number of amides is 1. The van der Waals surface area contributed by atoms with Gasteiger partial charge in [-0.25, -0.2) is 0 Å². The van der Waals surface area contributed by atoms with Crippen LogP contribution in [0, 0.1) is 0 Å². The molecule has 0 fully saturated rings. The quantitative estimate of drug-likeness (QED) is 0.794. The lowest BCUT2D eigenvalue weighted by Crippen LogP contribution is -2.26. The van der Waals surface area contributed by atoms with E-state index in [0.29, 0.717) is 35.4 Å². The third-order valence-corrected chi connectivity index (χ3v) is 3.88. The number of carbonyl (C=O) groups is 1. The summed E-state index contributed by atoms with van der Waals surface area (Å²) in [6, 6.07) is 9.06. The van der Waals surface area contributed by atoms with Crippen LogP contribution in [0.4, 0.5) is 0 Å². The molecule has 6 heteroatoms. The molecular formula is C15H16ClNO3S. The third kappa shape index (κ3) is 5.04. The van der Waals surface area contributed by atoms with Gasteiger partial charge < -0.3 is 14.8 Å². The molecule has 1 heterocycles. The topological polar surface area (TPSA) is 47.6 Å². The van der Waals surface area contributed by atoms with Gasteiger partial charge in [0.1, 0.15) is 12.4 Å². The number of benzene rings is 1. The molecule has 0 saturated heterocycles. The fourth-order valence-corrected chi connectivity index (χ4v) is 2.64. The average molecular weight is 326 g/mol. The van der Waals surface area contributed by atoms with E-state index in [4.69, 9.17) is 21.1 Å². The van der Waals surface area contributed by atoms with Gasteiger partial charge in [0.05, 0.1) is 11.5 Å². The van der Waals surface area contributed by atoms with Crippen molar-refractivity contribution < 1.29 is 14.3 Å². The zero-order valence-corrected chi connectivity index (χ0v) is 13.2. The van der Waals surface area contributed by atoms with Crippen molar-refractivity contribution in [2.75, 3.05) is 20.3 Å². The second kappa shape index (κ2) is 8.02. The molecule has 0 aliphatic heterocycles. The van der Waals surface area contributed by atoms with Crippen molar-refractivity contribution in [1.82, 2.24) is 5.32 Å². The van der Waals surface area contributed by atoms with Crippen LogP contribution < -0.4 is 10.1 Å². The summed E-state index contributed by atoms with van der Waals surface area (Å²) in [4.78, 5) is 12.5. The van der Waals surface area contributed by atoms with Gasteiger partial charge in [-0.05, 0) is 29.6 Å². The van der Waals surface area contributed by atoms with Gasteiger partial charge >= 0.3 is 0 Å². The zero-order valence-electron chi connectivity index (χ0n) is 11.6. The van der Waals surface area contributed by atoms with E-state index < -0.39 is 0 Å². The summed E-state index contributed by atoms with van der Waals surface area (Å²) in [5.41, 5.74) is 0.955. The smallest absolute Gasteiger partial charge is 0.261 e. The number of rotatable bonds is 7.